The summed E-state index contributed by atoms with van der Waals surface area (Å²) in [4.78, 5) is 14.3. The van der Waals surface area contributed by atoms with Gasteiger partial charge in [-0.1, -0.05) is 0 Å². The minimum Gasteiger partial charge on any atom is -0.476 e. The van der Waals surface area contributed by atoms with E-state index >= 15 is 0 Å². The Kier molecular flexibility index (Phi) is 3.43. The average Bonchev–Trinajstić information content (AvgIpc) is 2.94. The standard InChI is InChI=1S/C13H19N3O4S/c1-9(8-21(2,18)19)16(10-3-4-10)13(17)11-7-12-15(14-11)5-6-20-12/h7,9-10H,3-6,8H2,1-2H3. The molecule has 0 radical (unpaired) electrons. The van der Waals surface area contributed by atoms with E-state index in [4.69, 9.17) is 4.74 Å². The number of amides is 1. The average molecular weight is 313 g/mol. The number of carbonyl (C=O) groups is 1. The van der Waals surface area contributed by atoms with E-state index in [-0.39, 0.29) is 23.7 Å². The monoisotopic (exact) mass is 313 g/mol. The van der Waals surface area contributed by atoms with Crippen LogP contribution in [0.15, 0.2) is 6.07 Å². The zero-order valence-corrected chi connectivity index (χ0v) is 13.0. The summed E-state index contributed by atoms with van der Waals surface area (Å²) in [5, 5.41) is 4.25. The minimum atomic E-state index is -3.13. The van der Waals surface area contributed by atoms with Crippen molar-refractivity contribution in [2.45, 2.75) is 38.4 Å². The number of carbonyl (C=O) groups excluding carboxylic acids is 1. The smallest absolute Gasteiger partial charge is 0.275 e. The lowest BCUT2D eigenvalue weighted by Gasteiger charge is -2.28. The minimum absolute atomic E-state index is 0.0285. The van der Waals surface area contributed by atoms with E-state index in [1.54, 1.807) is 22.6 Å². The first-order valence-corrected chi connectivity index (χ1v) is 9.12. The number of hydrogen-bond donors (Lipinski definition) is 0. The highest BCUT2D eigenvalue weighted by Gasteiger charge is 2.38. The van der Waals surface area contributed by atoms with Gasteiger partial charge in [0.25, 0.3) is 5.91 Å². The molecule has 1 saturated carbocycles. The highest BCUT2D eigenvalue weighted by atomic mass is 32.2. The van der Waals surface area contributed by atoms with E-state index in [0.717, 1.165) is 12.8 Å². The molecule has 1 aromatic heterocycles. The Morgan fingerprint density at radius 3 is 2.86 bits per heavy atom. The summed E-state index contributed by atoms with van der Waals surface area (Å²) in [5.74, 6) is 0.364. The molecular weight excluding hydrogens is 294 g/mol. The zero-order valence-electron chi connectivity index (χ0n) is 12.2. The molecule has 116 valence electrons. The molecule has 1 unspecified atom stereocenters. The van der Waals surface area contributed by atoms with Crippen LogP contribution in [-0.2, 0) is 16.4 Å². The summed E-state index contributed by atoms with van der Waals surface area (Å²) >= 11 is 0. The van der Waals surface area contributed by atoms with Crippen LogP contribution in [0.1, 0.15) is 30.3 Å². The van der Waals surface area contributed by atoms with Crippen molar-refractivity contribution in [3.8, 4) is 5.88 Å². The van der Waals surface area contributed by atoms with Crippen LogP contribution < -0.4 is 4.74 Å². The number of sulfone groups is 1. The first kappa shape index (κ1) is 14.4. The summed E-state index contributed by atoms with van der Waals surface area (Å²) in [6.07, 6.45) is 3.03. The van der Waals surface area contributed by atoms with Crippen LogP contribution in [0.25, 0.3) is 0 Å². The van der Waals surface area contributed by atoms with Crippen LogP contribution in [-0.4, -0.2) is 59.7 Å². The summed E-state index contributed by atoms with van der Waals surface area (Å²) in [7, 11) is -3.13. The third-order valence-electron chi connectivity index (χ3n) is 3.71. The van der Waals surface area contributed by atoms with Crippen molar-refractivity contribution in [2.24, 2.45) is 0 Å². The molecule has 7 nitrogen and oxygen atoms in total. The first-order valence-electron chi connectivity index (χ1n) is 7.06. The van der Waals surface area contributed by atoms with Gasteiger partial charge in [0.15, 0.2) is 5.69 Å². The molecular formula is C13H19N3O4S. The Hall–Kier alpha value is -1.57. The zero-order chi connectivity index (χ0) is 15.2. The van der Waals surface area contributed by atoms with Gasteiger partial charge in [0.05, 0.1) is 12.3 Å². The topological polar surface area (TPSA) is 81.5 Å². The molecule has 0 saturated heterocycles. The van der Waals surface area contributed by atoms with Crippen LogP contribution in [0, 0.1) is 0 Å². The van der Waals surface area contributed by atoms with Gasteiger partial charge in [-0.3, -0.25) is 4.79 Å². The van der Waals surface area contributed by atoms with Crippen molar-refractivity contribution in [2.75, 3.05) is 18.6 Å². The Balaban J connectivity index is 1.81. The van der Waals surface area contributed by atoms with Crippen LogP contribution in [0.3, 0.4) is 0 Å². The van der Waals surface area contributed by atoms with Gasteiger partial charge in [0, 0.05) is 24.4 Å². The fraction of sp³-hybridized carbons (Fsp3) is 0.692. The highest BCUT2D eigenvalue weighted by Crippen LogP contribution is 2.31. The third kappa shape index (κ3) is 3.04. The molecule has 8 heteroatoms. The maximum absolute atomic E-state index is 12.7. The third-order valence-corrected chi connectivity index (χ3v) is 4.80. The molecule has 0 aromatic carbocycles. The maximum Gasteiger partial charge on any atom is 0.275 e. The molecule has 1 aromatic rings. The fourth-order valence-electron chi connectivity index (χ4n) is 2.75. The van der Waals surface area contributed by atoms with Gasteiger partial charge in [-0.05, 0) is 19.8 Å². The lowest BCUT2D eigenvalue weighted by molar-refractivity contribution is 0.0685. The largest absolute Gasteiger partial charge is 0.476 e. The Morgan fingerprint density at radius 2 is 2.29 bits per heavy atom. The predicted molar refractivity (Wildman–Crippen MR) is 76.1 cm³/mol. The van der Waals surface area contributed by atoms with E-state index in [0.29, 0.717) is 24.7 Å². The number of rotatable bonds is 5. The van der Waals surface area contributed by atoms with E-state index in [1.807, 2.05) is 0 Å². The van der Waals surface area contributed by atoms with Crippen LogP contribution in [0.5, 0.6) is 5.88 Å². The summed E-state index contributed by atoms with van der Waals surface area (Å²) in [6.45, 7) is 3.00. The van der Waals surface area contributed by atoms with Gasteiger partial charge in [-0.2, -0.15) is 5.10 Å². The molecule has 1 atom stereocenters. The van der Waals surface area contributed by atoms with E-state index in [2.05, 4.69) is 5.10 Å². The van der Waals surface area contributed by atoms with Gasteiger partial charge in [-0.25, -0.2) is 13.1 Å². The second-order valence-corrected chi connectivity index (χ2v) is 8.01. The summed E-state index contributed by atoms with van der Waals surface area (Å²) in [6, 6.07) is 1.42. The number of ether oxygens (including phenoxy) is 1. The van der Waals surface area contributed by atoms with Crippen molar-refractivity contribution in [3.05, 3.63) is 11.8 Å². The molecule has 2 aliphatic rings. The molecule has 21 heavy (non-hydrogen) atoms. The van der Waals surface area contributed by atoms with Crippen LogP contribution in [0.2, 0.25) is 0 Å². The molecule has 1 amide bonds. The van der Waals surface area contributed by atoms with Crippen molar-refractivity contribution in [3.63, 3.8) is 0 Å². The molecule has 3 rings (SSSR count). The van der Waals surface area contributed by atoms with Gasteiger partial charge in [0.2, 0.25) is 5.88 Å². The van der Waals surface area contributed by atoms with Crippen molar-refractivity contribution in [1.82, 2.24) is 14.7 Å². The Bertz CT molecular complexity index is 641. The van der Waals surface area contributed by atoms with Crippen molar-refractivity contribution >= 4 is 15.7 Å². The summed E-state index contributed by atoms with van der Waals surface area (Å²) < 4.78 is 30.0. The maximum atomic E-state index is 12.7. The Morgan fingerprint density at radius 1 is 1.57 bits per heavy atom. The second kappa shape index (κ2) is 5.01. The lowest BCUT2D eigenvalue weighted by Crippen LogP contribution is -2.44. The SMILES string of the molecule is CC(CS(C)(=O)=O)N(C(=O)c1cc2n(n1)CCO2)C1CC1. The number of fused-ring (bicyclic) bond motifs is 1. The first-order chi connectivity index (χ1) is 9.85. The highest BCUT2D eigenvalue weighted by molar-refractivity contribution is 7.90. The normalized spacial score (nSPS) is 19.0. The van der Waals surface area contributed by atoms with E-state index in [9.17, 15) is 13.2 Å². The quantitative estimate of drug-likeness (QED) is 0.781. The lowest BCUT2D eigenvalue weighted by atomic mass is 10.2. The number of hydrogen-bond acceptors (Lipinski definition) is 5. The van der Waals surface area contributed by atoms with E-state index < -0.39 is 9.84 Å². The second-order valence-electron chi connectivity index (χ2n) is 5.82. The van der Waals surface area contributed by atoms with Gasteiger partial charge < -0.3 is 9.64 Å². The number of aromatic nitrogens is 2. The number of nitrogens with zero attached hydrogens (tertiary/aromatic N) is 3. The van der Waals surface area contributed by atoms with Crippen LogP contribution in [0.4, 0.5) is 0 Å². The predicted octanol–water partition coefficient (Wildman–Crippen LogP) is 0.313. The Labute approximate surface area is 123 Å². The van der Waals surface area contributed by atoms with Gasteiger partial charge >= 0.3 is 0 Å². The molecule has 1 aliphatic heterocycles. The molecule has 1 aliphatic carbocycles. The molecule has 2 heterocycles. The molecule has 0 bridgehead atoms. The van der Waals surface area contributed by atoms with Crippen LogP contribution >= 0.6 is 0 Å². The molecule has 0 spiro atoms. The van der Waals surface area contributed by atoms with Crippen molar-refractivity contribution in [1.29, 1.82) is 0 Å². The van der Waals surface area contributed by atoms with Gasteiger partial charge in [-0.15, -0.1) is 0 Å². The fourth-order valence-corrected chi connectivity index (χ4v) is 3.78. The molecule has 1 fully saturated rings. The summed E-state index contributed by atoms with van der Waals surface area (Å²) in [5.41, 5.74) is 0.331. The molecule has 0 N–H and O–H groups in total. The van der Waals surface area contributed by atoms with Crippen molar-refractivity contribution < 1.29 is 17.9 Å². The van der Waals surface area contributed by atoms with Gasteiger partial charge in [0.1, 0.15) is 16.4 Å². The van der Waals surface area contributed by atoms with E-state index in [1.165, 1.54) is 6.26 Å².